The second-order valence-corrected chi connectivity index (χ2v) is 25.0. The molecular formula is C71H137NO8. The molecule has 0 aromatic carbocycles. The summed E-state index contributed by atoms with van der Waals surface area (Å²) in [5.74, 6) is -0.178. The predicted octanol–water partition coefficient (Wildman–Crippen LogP) is 19.3. The third-order valence-electron chi connectivity index (χ3n) is 17.3. The third-order valence-corrected chi connectivity index (χ3v) is 17.3. The topological polar surface area (TPSA) is 149 Å². The van der Waals surface area contributed by atoms with Crippen LogP contribution in [-0.2, 0) is 14.3 Å². The summed E-state index contributed by atoms with van der Waals surface area (Å²) in [6, 6.07) is -0.820. The molecule has 7 unspecified atom stereocenters. The quantitative estimate of drug-likeness (QED) is 0.0261. The van der Waals surface area contributed by atoms with Gasteiger partial charge in [0.2, 0.25) is 5.91 Å². The van der Waals surface area contributed by atoms with Crippen molar-refractivity contribution in [1.82, 2.24) is 5.32 Å². The van der Waals surface area contributed by atoms with Crippen LogP contribution in [0.4, 0.5) is 0 Å². The highest BCUT2D eigenvalue weighted by molar-refractivity contribution is 5.76. The molecular weight excluding hydrogens is 995 g/mol. The van der Waals surface area contributed by atoms with Gasteiger partial charge in [0.05, 0.1) is 25.4 Å². The number of hydrogen-bond acceptors (Lipinski definition) is 8. The van der Waals surface area contributed by atoms with Gasteiger partial charge < -0.3 is 40.3 Å². The Morgan fingerprint density at radius 3 is 1.05 bits per heavy atom. The molecule has 1 rings (SSSR count). The fourth-order valence-electron chi connectivity index (χ4n) is 11.7. The molecule has 0 saturated carbocycles. The molecule has 1 aliphatic heterocycles. The zero-order valence-electron chi connectivity index (χ0n) is 53.1. The number of unbranched alkanes of at least 4 members (excludes halogenated alkanes) is 51. The summed E-state index contributed by atoms with van der Waals surface area (Å²) in [5.41, 5.74) is 0. The van der Waals surface area contributed by atoms with Gasteiger partial charge in [-0.1, -0.05) is 353 Å². The Kier molecular flexibility index (Phi) is 58.3. The van der Waals surface area contributed by atoms with Crippen molar-refractivity contribution in [3.63, 3.8) is 0 Å². The molecule has 0 aliphatic carbocycles. The number of carbonyl (C=O) groups excluding carboxylic acids is 1. The van der Waals surface area contributed by atoms with Crippen molar-refractivity contribution in [2.45, 2.75) is 410 Å². The normalized spacial score (nSPS) is 18.5. The molecule has 0 aromatic rings. The van der Waals surface area contributed by atoms with Crippen LogP contribution in [0.3, 0.4) is 0 Å². The fourth-order valence-corrected chi connectivity index (χ4v) is 11.7. The highest BCUT2D eigenvalue weighted by Crippen LogP contribution is 2.24. The number of rotatable bonds is 63. The number of hydrogen-bond donors (Lipinski definition) is 6. The van der Waals surface area contributed by atoms with Crippen molar-refractivity contribution in [2.75, 3.05) is 13.2 Å². The summed E-state index contributed by atoms with van der Waals surface area (Å²) in [7, 11) is 0. The van der Waals surface area contributed by atoms with Crippen molar-refractivity contribution >= 4 is 5.91 Å². The maximum absolute atomic E-state index is 13.1. The smallest absolute Gasteiger partial charge is 0.220 e. The van der Waals surface area contributed by atoms with Crippen LogP contribution in [0.15, 0.2) is 24.3 Å². The Labute approximate surface area is 496 Å². The first-order valence-electron chi connectivity index (χ1n) is 35.6. The van der Waals surface area contributed by atoms with Gasteiger partial charge in [-0.3, -0.25) is 4.79 Å². The van der Waals surface area contributed by atoms with E-state index in [2.05, 4.69) is 31.3 Å². The zero-order valence-corrected chi connectivity index (χ0v) is 53.1. The van der Waals surface area contributed by atoms with Gasteiger partial charge in [-0.15, -0.1) is 0 Å². The van der Waals surface area contributed by atoms with E-state index in [4.69, 9.17) is 9.47 Å². The summed E-state index contributed by atoms with van der Waals surface area (Å²) >= 11 is 0. The first-order valence-corrected chi connectivity index (χ1v) is 35.6. The number of aliphatic hydroxyl groups excluding tert-OH is 5. The van der Waals surface area contributed by atoms with E-state index < -0.39 is 49.5 Å². The Bertz CT molecular complexity index is 1310. The summed E-state index contributed by atoms with van der Waals surface area (Å²) in [4.78, 5) is 13.1. The molecule has 80 heavy (non-hydrogen) atoms. The molecule has 0 spiro atoms. The van der Waals surface area contributed by atoms with Gasteiger partial charge in [-0.05, 0) is 32.1 Å². The van der Waals surface area contributed by atoms with E-state index in [1.54, 1.807) is 6.08 Å². The van der Waals surface area contributed by atoms with Crippen LogP contribution in [0.2, 0.25) is 0 Å². The number of aliphatic hydroxyl groups is 5. The van der Waals surface area contributed by atoms with Gasteiger partial charge in [-0.2, -0.15) is 0 Å². The summed E-state index contributed by atoms with van der Waals surface area (Å²) in [6.45, 7) is 3.83. The number of carbonyl (C=O) groups is 1. The van der Waals surface area contributed by atoms with E-state index in [0.717, 1.165) is 38.5 Å². The molecule has 1 saturated heterocycles. The maximum atomic E-state index is 13.1. The predicted molar refractivity (Wildman–Crippen MR) is 341 cm³/mol. The number of amides is 1. The van der Waals surface area contributed by atoms with E-state index >= 15 is 0 Å². The second-order valence-electron chi connectivity index (χ2n) is 25.0. The Morgan fingerprint density at radius 2 is 0.713 bits per heavy atom. The molecule has 1 amide bonds. The lowest BCUT2D eigenvalue weighted by molar-refractivity contribution is -0.302. The summed E-state index contributed by atoms with van der Waals surface area (Å²) < 4.78 is 11.3. The Morgan fingerprint density at radius 1 is 0.412 bits per heavy atom. The average molecular weight is 1130 g/mol. The van der Waals surface area contributed by atoms with Gasteiger partial charge in [0.15, 0.2) is 6.29 Å². The molecule has 0 radical (unpaired) electrons. The van der Waals surface area contributed by atoms with Crippen LogP contribution in [0.1, 0.15) is 367 Å². The van der Waals surface area contributed by atoms with Crippen LogP contribution in [-0.4, -0.2) is 87.5 Å². The van der Waals surface area contributed by atoms with Crippen LogP contribution < -0.4 is 5.32 Å². The molecule has 474 valence electrons. The minimum absolute atomic E-state index is 0.178. The van der Waals surface area contributed by atoms with Crippen molar-refractivity contribution in [1.29, 1.82) is 0 Å². The lowest BCUT2D eigenvalue weighted by Gasteiger charge is -2.40. The zero-order chi connectivity index (χ0) is 57.9. The SMILES string of the molecule is CCCCCCCCCCCCCCCCCCCCCCCCCC/C=C/CC/C=C/C(O)C(COC1OC(CO)C(O)C(O)C1O)NC(=O)CCCCCCCCCCCCCCCCCCCCCCCCCCCCC. The number of ether oxygens (including phenoxy) is 2. The van der Waals surface area contributed by atoms with Gasteiger partial charge in [0, 0.05) is 6.42 Å². The molecule has 1 heterocycles. The minimum Gasteiger partial charge on any atom is -0.394 e. The van der Waals surface area contributed by atoms with Gasteiger partial charge in [0.1, 0.15) is 24.4 Å². The van der Waals surface area contributed by atoms with Crippen LogP contribution in [0.25, 0.3) is 0 Å². The van der Waals surface area contributed by atoms with E-state index in [9.17, 15) is 30.3 Å². The molecule has 7 atom stereocenters. The average Bonchev–Trinajstić information content (AvgIpc) is 3.46. The number of nitrogens with one attached hydrogen (secondary N) is 1. The first-order chi connectivity index (χ1) is 39.3. The van der Waals surface area contributed by atoms with Crippen molar-refractivity contribution in [3.8, 4) is 0 Å². The first kappa shape index (κ1) is 76.7. The summed E-state index contributed by atoms with van der Waals surface area (Å²) in [5, 5.41) is 54.7. The molecule has 0 aromatic heterocycles. The highest BCUT2D eigenvalue weighted by atomic mass is 16.7. The minimum atomic E-state index is -1.57. The molecule has 1 fully saturated rings. The van der Waals surface area contributed by atoms with E-state index in [0.29, 0.717) is 6.42 Å². The lowest BCUT2D eigenvalue weighted by Crippen LogP contribution is -2.60. The lowest BCUT2D eigenvalue weighted by atomic mass is 9.99. The van der Waals surface area contributed by atoms with Crippen LogP contribution in [0, 0.1) is 0 Å². The van der Waals surface area contributed by atoms with Crippen molar-refractivity contribution < 1.29 is 39.8 Å². The van der Waals surface area contributed by atoms with E-state index in [1.807, 2.05) is 6.08 Å². The van der Waals surface area contributed by atoms with Crippen molar-refractivity contribution in [2.24, 2.45) is 0 Å². The molecule has 9 heteroatoms. The largest absolute Gasteiger partial charge is 0.394 e. The van der Waals surface area contributed by atoms with Crippen molar-refractivity contribution in [3.05, 3.63) is 24.3 Å². The second kappa shape index (κ2) is 60.8. The maximum Gasteiger partial charge on any atom is 0.220 e. The van der Waals surface area contributed by atoms with Crippen LogP contribution >= 0.6 is 0 Å². The molecule has 1 aliphatic rings. The van der Waals surface area contributed by atoms with E-state index in [-0.39, 0.29) is 12.5 Å². The van der Waals surface area contributed by atoms with Crippen LogP contribution in [0.5, 0.6) is 0 Å². The van der Waals surface area contributed by atoms with Gasteiger partial charge >= 0.3 is 0 Å². The molecule has 0 bridgehead atoms. The summed E-state index contributed by atoms with van der Waals surface area (Å²) in [6.07, 6.45) is 73.0. The number of allylic oxidation sites excluding steroid dienone is 3. The fraction of sp³-hybridized carbons (Fsp3) is 0.930. The third kappa shape index (κ3) is 49.0. The Hall–Kier alpha value is -1.33. The Balaban J connectivity index is 2.13. The highest BCUT2D eigenvalue weighted by Gasteiger charge is 2.44. The molecule has 9 nitrogen and oxygen atoms in total. The monoisotopic (exact) mass is 1130 g/mol. The van der Waals surface area contributed by atoms with Gasteiger partial charge in [-0.25, -0.2) is 0 Å². The van der Waals surface area contributed by atoms with E-state index in [1.165, 1.54) is 308 Å². The van der Waals surface area contributed by atoms with Gasteiger partial charge in [0.25, 0.3) is 0 Å². The molecule has 6 N–H and O–H groups in total. The standard InChI is InChI=1S/C71H137NO8/c1-3-5-7-9-11-13-15-17-19-21-23-25-27-29-31-32-33-35-36-38-40-42-44-46-48-50-52-54-56-58-60-65(74)64(63-79-71-70(78)69(77)68(76)66(62-73)80-71)72-67(75)61-59-57-55-53-51-49-47-45-43-41-39-37-34-30-28-26-24-22-20-18-16-14-12-10-8-6-4-2/h50,52,58,60,64-66,68-71,73-74,76-78H,3-49,51,53-57,59,61-63H2,1-2H3,(H,72,75)/b52-50+,60-58+.